The Bertz CT molecular complexity index is 285. The van der Waals surface area contributed by atoms with Crippen molar-refractivity contribution in [3.8, 4) is 0 Å². The van der Waals surface area contributed by atoms with Crippen LogP contribution in [0.5, 0.6) is 0 Å². The third-order valence-corrected chi connectivity index (χ3v) is 3.22. The zero-order valence-electron chi connectivity index (χ0n) is 9.75. The third kappa shape index (κ3) is 2.25. The Morgan fingerprint density at radius 2 is 2.20 bits per heavy atom. The molecule has 1 aliphatic heterocycles. The van der Waals surface area contributed by atoms with Crippen molar-refractivity contribution in [1.82, 2.24) is 4.90 Å². The van der Waals surface area contributed by atoms with Gasteiger partial charge < -0.3 is 15.4 Å². The van der Waals surface area contributed by atoms with Gasteiger partial charge >= 0.3 is 6.09 Å². The van der Waals surface area contributed by atoms with Gasteiger partial charge in [0.1, 0.15) is 5.60 Å². The molecule has 2 N–H and O–H groups in total. The van der Waals surface area contributed by atoms with E-state index in [0.29, 0.717) is 5.92 Å². The van der Waals surface area contributed by atoms with Crippen molar-refractivity contribution in [3.05, 3.63) is 0 Å². The van der Waals surface area contributed by atoms with Crippen molar-refractivity contribution < 1.29 is 9.53 Å². The van der Waals surface area contributed by atoms with Crippen LogP contribution in [-0.4, -0.2) is 35.2 Å². The highest BCUT2D eigenvalue weighted by molar-refractivity contribution is 5.68. The van der Waals surface area contributed by atoms with Crippen molar-refractivity contribution in [3.63, 3.8) is 0 Å². The second kappa shape index (κ2) is 3.11. The quantitative estimate of drug-likeness (QED) is 0.659. The summed E-state index contributed by atoms with van der Waals surface area (Å²) in [6.45, 7) is 7.17. The van der Waals surface area contributed by atoms with E-state index in [0.717, 1.165) is 25.9 Å². The fourth-order valence-corrected chi connectivity index (χ4v) is 2.15. The fraction of sp³-hybridized carbons (Fsp3) is 0.909. The molecule has 1 heterocycles. The van der Waals surface area contributed by atoms with Crippen LogP contribution >= 0.6 is 0 Å². The number of amides is 1. The van der Waals surface area contributed by atoms with Crippen LogP contribution in [0.2, 0.25) is 0 Å². The number of hydrogen-bond acceptors (Lipinski definition) is 3. The topological polar surface area (TPSA) is 55.6 Å². The fourth-order valence-electron chi connectivity index (χ4n) is 2.15. The van der Waals surface area contributed by atoms with Gasteiger partial charge in [0.25, 0.3) is 0 Å². The summed E-state index contributed by atoms with van der Waals surface area (Å²) >= 11 is 0. The third-order valence-electron chi connectivity index (χ3n) is 3.22. The lowest BCUT2D eigenvalue weighted by Gasteiger charge is -2.31. The molecule has 1 amide bonds. The summed E-state index contributed by atoms with van der Waals surface area (Å²) in [7, 11) is 0. The molecule has 1 aliphatic carbocycles. The van der Waals surface area contributed by atoms with Crippen LogP contribution in [-0.2, 0) is 4.74 Å². The number of hydrogen-bond donors (Lipinski definition) is 1. The minimum atomic E-state index is -0.405. The van der Waals surface area contributed by atoms with E-state index in [-0.39, 0.29) is 11.6 Å². The zero-order chi connectivity index (χ0) is 11.3. The first-order valence-corrected chi connectivity index (χ1v) is 5.57. The molecule has 1 saturated carbocycles. The molecule has 0 aromatic carbocycles. The molecule has 2 atom stereocenters. The highest BCUT2D eigenvalue weighted by Gasteiger charge is 2.54. The number of fused-ring (bicyclic) bond motifs is 1. The summed E-state index contributed by atoms with van der Waals surface area (Å²) in [4.78, 5) is 13.5. The molecule has 86 valence electrons. The van der Waals surface area contributed by atoms with Gasteiger partial charge in [0, 0.05) is 18.6 Å². The van der Waals surface area contributed by atoms with Gasteiger partial charge in [0.05, 0.1) is 0 Å². The number of likely N-dealkylation sites (tertiary alicyclic amines) is 1. The van der Waals surface area contributed by atoms with E-state index < -0.39 is 5.60 Å². The van der Waals surface area contributed by atoms with Crippen LogP contribution in [0.15, 0.2) is 0 Å². The second-order valence-corrected chi connectivity index (χ2v) is 5.81. The van der Waals surface area contributed by atoms with Crippen molar-refractivity contribution >= 4 is 6.09 Å². The largest absolute Gasteiger partial charge is 0.444 e. The number of piperidine rings is 1. The van der Waals surface area contributed by atoms with Gasteiger partial charge in [0.15, 0.2) is 0 Å². The molecular weight excluding hydrogens is 192 g/mol. The lowest BCUT2D eigenvalue weighted by atomic mass is 10.1. The van der Waals surface area contributed by atoms with Gasteiger partial charge in [-0.05, 0) is 39.5 Å². The zero-order valence-corrected chi connectivity index (χ0v) is 9.75. The van der Waals surface area contributed by atoms with Crippen LogP contribution in [0.25, 0.3) is 0 Å². The van der Waals surface area contributed by atoms with Gasteiger partial charge in [-0.3, -0.25) is 0 Å². The molecule has 1 saturated heterocycles. The number of nitrogens with two attached hydrogens (primary N) is 1. The molecule has 2 aliphatic rings. The van der Waals surface area contributed by atoms with E-state index in [1.165, 1.54) is 0 Å². The predicted molar refractivity (Wildman–Crippen MR) is 57.4 cm³/mol. The molecule has 0 radical (unpaired) electrons. The average Bonchev–Trinajstić information content (AvgIpc) is 2.71. The molecule has 0 bridgehead atoms. The highest BCUT2D eigenvalue weighted by atomic mass is 16.6. The maximum atomic E-state index is 11.7. The molecule has 15 heavy (non-hydrogen) atoms. The van der Waals surface area contributed by atoms with Gasteiger partial charge in [-0.25, -0.2) is 4.79 Å². The SMILES string of the molecule is CC(C)(C)OC(=O)N1CCC2(N)CC2C1. The predicted octanol–water partition coefficient (Wildman–Crippen LogP) is 1.34. The summed E-state index contributed by atoms with van der Waals surface area (Å²) in [6.07, 6.45) is 1.78. The summed E-state index contributed by atoms with van der Waals surface area (Å²) in [6, 6.07) is 0. The average molecular weight is 212 g/mol. The molecule has 0 aromatic heterocycles. The maximum Gasteiger partial charge on any atom is 0.410 e. The van der Waals surface area contributed by atoms with Crippen molar-refractivity contribution in [2.75, 3.05) is 13.1 Å². The number of ether oxygens (including phenoxy) is 1. The summed E-state index contributed by atoms with van der Waals surface area (Å²) in [5, 5.41) is 0. The Labute approximate surface area is 90.8 Å². The summed E-state index contributed by atoms with van der Waals surface area (Å²) < 4.78 is 5.32. The highest BCUT2D eigenvalue weighted by Crippen LogP contribution is 2.47. The number of rotatable bonds is 0. The molecule has 2 unspecified atom stereocenters. The van der Waals surface area contributed by atoms with Crippen LogP contribution < -0.4 is 5.73 Å². The monoisotopic (exact) mass is 212 g/mol. The second-order valence-electron chi connectivity index (χ2n) is 5.81. The van der Waals surface area contributed by atoms with Crippen LogP contribution in [0.1, 0.15) is 33.6 Å². The van der Waals surface area contributed by atoms with Gasteiger partial charge in [-0.1, -0.05) is 0 Å². The Balaban J connectivity index is 1.88. The van der Waals surface area contributed by atoms with Gasteiger partial charge in [-0.15, -0.1) is 0 Å². The Morgan fingerprint density at radius 3 is 2.73 bits per heavy atom. The lowest BCUT2D eigenvalue weighted by molar-refractivity contribution is 0.0201. The first-order chi connectivity index (χ1) is 6.80. The Morgan fingerprint density at radius 1 is 1.53 bits per heavy atom. The molecule has 2 fully saturated rings. The first-order valence-electron chi connectivity index (χ1n) is 5.57. The normalized spacial score (nSPS) is 34.7. The van der Waals surface area contributed by atoms with Crippen molar-refractivity contribution in [1.29, 1.82) is 0 Å². The number of nitrogens with zero attached hydrogens (tertiary/aromatic N) is 1. The van der Waals surface area contributed by atoms with Crippen LogP contribution in [0.3, 0.4) is 0 Å². The van der Waals surface area contributed by atoms with Gasteiger partial charge in [0.2, 0.25) is 0 Å². The summed E-state index contributed by atoms with van der Waals surface area (Å²) in [5.41, 5.74) is 5.70. The van der Waals surface area contributed by atoms with E-state index in [9.17, 15) is 4.79 Å². The molecule has 4 nitrogen and oxygen atoms in total. The molecule has 0 spiro atoms. The molecule has 4 heteroatoms. The minimum absolute atomic E-state index is 0.0402. The van der Waals surface area contributed by atoms with E-state index in [1.807, 2.05) is 20.8 Å². The number of carbonyl (C=O) groups excluding carboxylic acids is 1. The lowest BCUT2D eigenvalue weighted by Crippen LogP contribution is -2.46. The van der Waals surface area contributed by atoms with Crippen LogP contribution in [0, 0.1) is 5.92 Å². The van der Waals surface area contributed by atoms with Crippen molar-refractivity contribution in [2.24, 2.45) is 11.7 Å². The Kier molecular flexibility index (Phi) is 2.23. The standard InChI is InChI=1S/C11H20N2O2/c1-10(2,3)15-9(14)13-5-4-11(12)6-8(11)7-13/h8H,4-7,12H2,1-3H3. The van der Waals surface area contributed by atoms with E-state index in [4.69, 9.17) is 10.5 Å². The van der Waals surface area contributed by atoms with E-state index in [2.05, 4.69) is 0 Å². The van der Waals surface area contributed by atoms with Crippen LogP contribution in [0.4, 0.5) is 4.79 Å². The van der Waals surface area contributed by atoms with E-state index >= 15 is 0 Å². The summed E-state index contributed by atoms with van der Waals surface area (Å²) in [5.74, 6) is 0.499. The van der Waals surface area contributed by atoms with E-state index in [1.54, 1.807) is 4.90 Å². The Hall–Kier alpha value is -0.770. The minimum Gasteiger partial charge on any atom is -0.444 e. The smallest absolute Gasteiger partial charge is 0.410 e. The van der Waals surface area contributed by atoms with Crippen molar-refractivity contribution in [2.45, 2.75) is 44.8 Å². The first kappa shape index (κ1) is 10.7. The maximum absolute atomic E-state index is 11.7. The number of carbonyl (C=O) groups is 1. The molecule has 0 aromatic rings. The van der Waals surface area contributed by atoms with Gasteiger partial charge in [-0.2, -0.15) is 0 Å². The molecule has 2 rings (SSSR count). The molecular formula is C11H20N2O2.